The summed E-state index contributed by atoms with van der Waals surface area (Å²) in [7, 11) is -1.14. The van der Waals surface area contributed by atoms with Gasteiger partial charge < -0.3 is 5.11 Å². The Hall–Kier alpha value is -0.870. The van der Waals surface area contributed by atoms with Crippen molar-refractivity contribution in [3.05, 3.63) is 28.8 Å². The van der Waals surface area contributed by atoms with Gasteiger partial charge in [-0.25, -0.2) is 4.79 Å². The average molecular weight is 301 g/mol. The number of carboxylic acid groups (broad SMARTS) is 1. The van der Waals surface area contributed by atoms with Crippen molar-refractivity contribution in [2.75, 3.05) is 5.75 Å². The van der Waals surface area contributed by atoms with Gasteiger partial charge in [0.05, 0.1) is 21.4 Å². The zero-order valence-electron chi connectivity index (χ0n) is 10.6. The van der Waals surface area contributed by atoms with Crippen LogP contribution in [0, 0.1) is 5.92 Å². The number of hydrogen-bond donors (Lipinski definition) is 1. The summed E-state index contributed by atoms with van der Waals surface area (Å²) >= 11 is 5.81. The molecule has 1 fully saturated rings. The molecule has 1 aromatic rings. The average Bonchev–Trinajstić information content (AvgIpc) is 2.40. The third-order valence-electron chi connectivity index (χ3n) is 3.54. The topological polar surface area (TPSA) is 54.4 Å². The molecule has 2 rings (SSSR count). The van der Waals surface area contributed by atoms with Crippen molar-refractivity contribution in [3.63, 3.8) is 0 Å². The maximum Gasteiger partial charge on any atom is 0.337 e. The largest absolute Gasteiger partial charge is 0.478 e. The van der Waals surface area contributed by atoms with Gasteiger partial charge in [0.15, 0.2) is 0 Å². The zero-order chi connectivity index (χ0) is 13.8. The van der Waals surface area contributed by atoms with Crippen molar-refractivity contribution in [1.29, 1.82) is 0 Å². The number of carboxylic acids is 1. The summed E-state index contributed by atoms with van der Waals surface area (Å²) in [5, 5.41) is 9.20. The van der Waals surface area contributed by atoms with Gasteiger partial charge in [-0.2, -0.15) is 0 Å². The molecule has 1 aromatic carbocycles. The van der Waals surface area contributed by atoms with Crippen LogP contribution in [0.15, 0.2) is 23.1 Å². The van der Waals surface area contributed by atoms with E-state index in [0.29, 0.717) is 16.6 Å². The lowest BCUT2D eigenvalue weighted by atomic mass is 9.91. The lowest BCUT2D eigenvalue weighted by Gasteiger charge is -2.20. The van der Waals surface area contributed by atoms with E-state index in [-0.39, 0.29) is 10.6 Å². The SMILES string of the molecule is O=C(O)c1cc(S(=O)CC2CCCCC2)ccc1Cl. The lowest BCUT2D eigenvalue weighted by Crippen LogP contribution is -2.15. The molecule has 1 saturated carbocycles. The Labute approximate surface area is 120 Å². The molecular weight excluding hydrogens is 284 g/mol. The zero-order valence-corrected chi connectivity index (χ0v) is 12.2. The van der Waals surface area contributed by atoms with E-state index in [4.69, 9.17) is 16.7 Å². The molecule has 1 aliphatic carbocycles. The molecule has 1 aliphatic rings. The molecule has 5 heteroatoms. The van der Waals surface area contributed by atoms with Crippen LogP contribution < -0.4 is 0 Å². The second-order valence-electron chi connectivity index (χ2n) is 4.96. The summed E-state index contributed by atoms with van der Waals surface area (Å²) in [5.41, 5.74) is 0.0242. The number of rotatable bonds is 4. The van der Waals surface area contributed by atoms with E-state index in [2.05, 4.69) is 0 Å². The maximum atomic E-state index is 12.3. The Morgan fingerprint density at radius 2 is 2.00 bits per heavy atom. The van der Waals surface area contributed by atoms with Crippen molar-refractivity contribution >= 4 is 28.4 Å². The van der Waals surface area contributed by atoms with Crippen LogP contribution in [-0.4, -0.2) is 21.0 Å². The first-order chi connectivity index (χ1) is 9.08. The van der Waals surface area contributed by atoms with Gasteiger partial charge >= 0.3 is 5.97 Å². The summed E-state index contributed by atoms with van der Waals surface area (Å²) in [5.74, 6) is 0.0424. The quantitative estimate of drug-likeness (QED) is 0.922. The molecule has 1 N–H and O–H groups in total. The van der Waals surface area contributed by atoms with Crippen molar-refractivity contribution in [1.82, 2.24) is 0 Å². The third-order valence-corrected chi connectivity index (χ3v) is 5.43. The van der Waals surface area contributed by atoms with Crippen molar-refractivity contribution in [2.24, 2.45) is 5.92 Å². The fraction of sp³-hybridized carbons (Fsp3) is 0.500. The summed E-state index contributed by atoms with van der Waals surface area (Å²) in [6.07, 6.45) is 5.95. The van der Waals surface area contributed by atoms with Crippen LogP contribution in [0.5, 0.6) is 0 Å². The van der Waals surface area contributed by atoms with E-state index in [1.165, 1.54) is 31.4 Å². The van der Waals surface area contributed by atoms with Crippen LogP contribution >= 0.6 is 11.6 Å². The monoisotopic (exact) mass is 300 g/mol. The second kappa shape index (κ2) is 6.53. The minimum atomic E-state index is -1.14. The maximum absolute atomic E-state index is 12.3. The molecule has 1 unspecified atom stereocenters. The predicted molar refractivity (Wildman–Crippen MR) is 76.3 cm³/mol. The first-order valence-electron chi connectivity index (χ1n) is 6.49. The molecule has 0 heterocycles. The number of halogens is 1. The standard InChI is InChI=1S/C14H17ClO3S/c15-13-7-6-11(8-12(13)14(16)17)19(18)9-10-4-2-1-3-5-10/h6-8,10H,1-5,9H2,(H,16,17). The highest BCUT2D eigenvalue weighted by molar-refractivity contribution is 7.85. The Bertz CT molecular complexity index is 495. The van der Waals surface area contributed by atoms with E-state index in [1.807, 2.05) is 0 Å². The van der Waals surface area contributed by atoms with Crippen molar-refractivity contribution in [3.8, 4) is 0 Å². The second-order valence-corrected chi connectivity index (χ2v) is 6.87. The molecule has 0 spiro atoms. The van der Waals surface area contributed by atoms with Gasteiger partial charge in [-0.15, -0.1) is 0 Å². The van der Waals surface area contributed by atoms with Crippen LogP contribution in [0.1, 0.15) is 42.5 Å². The Kier molecular flexibility index (Phi) is 4.99. The molecule has 3 nitrogen and oxygen atoms in total. The fourth-order valence-electron chi connectivity index (χ4n) is 2.47. The summed E-state index contributed by atoms with van der Waals surface area (Å²) in [6, 6.07) is 4.61. The van der Waals surface area contributed by atoms with E-state index < -0.39 is 16.8 Å². The van der Waals surface area contributed by atoms with Gasteiger partial charge in [0.2, 0.25) is 0 Å². The first-order valence-corrected chi connectivity index (χ1v) is 8.19. The van der Waals surface area contributed by atoms with Crippen molar-refractivity contribution in [2.45, 2.75) is 37.0 Å². The van der Waals surface area contributed by atoms with E-state index in [0.717, 1.165) is 12.8 Å². The van der Waals surface area contributed by atoms with Gasteiger partial charge in [0.25, 0.3) is 0 Å². The summed E-state index contributed by atoms with van der Waals surface area (Å²) in [4.78, 5) is 11.6. The highest BCUT2D eigenvalue weighted by Gasteiger charge is 2.18. The molecule has 0 aliphatic heterocycles. The summed E-state index contributed by atoms with van der Waals surface area (Å²) in [6.45, 7) is 0. The normalized spacial score (nSPS) is 18.2. The molecule has 19 heavy (non-hydrogen) atoms. The van der Waals surface area contributed by atoms with Gasteiger partial charge in [0, 0.05) is 10.6 Å². The lowest BCUT2D eigenvalue weighted by molar-refractivity contribution is 0.0697. The molecule has 0 saturated heterocycles. The number of carbonyl (C=O) groups is 1. The smallest absolute Gasteiger partial charge is 0.337 e. The minimum absolute atomic E-state index is 0.0242. The van der Waals surface area contributed by atoms with Crippen LogP contribution in [-0.2, 0) is 10.8 Å². The van der Waals surface area contributed by atoms with Crippen LogP contribution in [0.2, 0.25) is 5.02 Å². The fourth-order valence-corrected chi connectivity index (χ4v) is 4.10. The summed E-state index contributed by atoms with van der Waals surface area (Å²) < 4.78 is 12.3. The van der Waals surface area contributed by atoms with Gasteiger partial charge in [-0.3, -0.25) is 4.21 Å². The molecule has 0 aromatic heterocycles. The molecule has 1 atom stereocenters. The van der Waals surface area contributed by atoms with E-state index >= 15 is 0 Å². The highest BCUT2D eigenvalue weighted by Crippen LogP contribution is 2.26. The van der Waals surface area contributed by atoms with Gasteiger partial charge in [-0.05, 0) is 37.0 Å². The minimum Gasteiger partial charge on any atom is -0.478 e. The Morgan fingerprint density at radius 1 is 1.32 bits per heavy atom. The van der Waals surface area contributed by atoms with Gasteiger partial charge in [0.1, 0.15) is 0 Å². The van der Waals surface area contributed by atoms with Crippen LogP contribution in [0.25, 0.3) is 0 Å². The molecule has 104 valence electrons. The number of hydrogen-bond acceptors (Lipinski definition) is 2. The molecular formula is C14H17ClO3S. The predicted octanol–water partition coefficient (Wildman–Crippen LogP) is 3.73. The van der Waals surface area contributed by atoms with Crippen LogP contribution in [0.4, 0.5) is 0 Å². The molecule has 0 bridgehead atoms. The van der Waals surface area contributed by atoms with Crippen LogP contribution in [0.3, 0.4) is 0 Å². The Morgan fingerprint density at radius 3 is 2.63 bits per heavy atom. The highest BCUT2D eigenvalue weighted by atomic mass is 35.5. The van der Waals surface area contributed by atoms with E-state index in [1.54, 1.807) is 6.07 Å². The third kappa shape index (κ3) is 3.80. The van der Waals surface area contributed by atoms with E-state index in [9.17, 15) is 9.00 Å². The first kappa shape index (κ1) is 14.5. The van der Waals surface area contributed by atoms with Gasteiger partial charge in [-0.1, -0.05) is 30.9 Å². The molecule has 0 amide bonds. The van der Waals surface area contributed by atoms with Crippen molar-refractivity contribution < 1.29 is 14.1 Å². The Balaban J connectivity index is 2.10. The molecule has 0 radical (unpaired) electrons. The number of benzene rings is 1. The number of aromatic carboxylic acids is 1.